The molecule has 6 heteroatoms. The first kappa shape index (κ1) is 20.7. The molecule has 3 atom stereocenters. The highest BCUT2D eigenvalue weighted by Gasteiger charge is 2.28. The Morgan fingerprint density at radius 3 is 2.81 bits per heavy atom. The molecule has 0 bridgehead atoms. The second-order valence-electron chi connectivity index (χ2n) is 7.55. The van der Waals surface area contributed by atoms with Gasteiger partial charge in [-0.05, 0) is 38.5 Å². The third-order valence-electron chi connectivity index (χ3n) is 5.26. The third-order valence-corrected chi connectivity index (χ3v) is 5.26. The van der Waals surface area contributed by atoms with Crippen LogP contribution in [0.25, 0.3) is 0 Å². The predicted octanol–water partition coefficient (Wildman–Crippen LogP) is 3.18. The summed E-state index contributed by atoms with van der Waals surface area (Å²) in [5.41, 5.74) is 0. The minimum Gasteiger partial charge on any atom is -0.378 e. The predicted molar refractivity (Wildman–Crippen MR) is 107 cm³/mol. The summed E-state index contributed by atoms with van der Waals surface area (Å²) in [6.45, 7) is 15.4. The van der Waals surface area contributed by atoms with Crippen LogP contribution in [0.2, 0.25) is 0 Å². The molecule has 1 N–H and O–H groups in total. The number of nitrogens with zero attached hydrogens (tertiary/aromatic N) is 4. The summed E-state index contributed by atoms with van der Waals surface area (Å²) < 4.78 is 8.10. The van der Waals surface area contributed by atoms with E-state index in [1.807, 2.05) is 12.5 Å². The van der Waals surface area contributed by atoms with Crippen molar-refractivity contribution >= 4 is 5.96 Å². The number of aliphatic imine (C=N–C) groups is 1. The summed E-state index contributed by atoms with van der Waals surface area (Å²) >= 11 is 0. The molecule has 0 amide bonds. The lowest BCUT2D eigenvalue weighted by atomic mass is 9.93. The number of nitrogens with one attached hydrogen (secondary N) is 1. The van der Waals surface area contributed by atoms with Crippen molar-refractivity contribution in [2.45, 2.75) is 59.6 Å². The van der Waals surface area contributed by atoms with Gasteiger partial charge in [0.1, 0.15) is 0 Å². The van der Waals surface area contributed by atoms with Crippen molar-refractivity contribution in [1.82, 2.24) is 19.8 Å². The molecular formula is C20H37N5O. The Balaban J connectivity index is 2.01. The number of hydrogen-bond donors (Lipinski definition) is 1. The van der Waals surface area contributed by atoms with Crippen LogP contribution in [0.15, 0.2) is 23.7 Å². The first-order chi connectivity index (χ1) is 12.6. The van der Waals surface area contributed by atoms with E-state index in [1.165, 1.54) is 6.42 Å². The number of hydrogen-bond acceptors (Lipinski definition) is 3. The number of likely N-dealkylation sites (tertiary alicyclic amines) is 1. The van der Waals surface area contributed by atoms with Crippen LogP contribution in [0.3, 0.4) is 0 Å². The molecule has 1 fully saturated rings. The van der Waals surface area contributed by atoms with Gasteiger partial charge >= 0.3 is 0 Å². The zero-order valence-electron chi connectivity index (χ0n) is 17.2. The van der Waals surface area contributed by atoms with Crippen molar-refractivity contribution in [3.63, 3.8) is 0 Å². The lowest BCUT2D eigenvalue weighted by Gasteiger charge is -2.39. The van der Waals surface area contributed by atoms with Gasteiger partial charge in [0.2, 0.25) is 0 Å². The van der Waals surface area contributed by atoms with Crippen molar-refractivity contribution in [3.8, 4) is 0 Å². The van der Waals surface area contributed by atoms with Crippen molar-refractivity contribution in [3.05, 3.63) is 18.7 Å². The molecule has 0 saturated carbocycles. The maximum absolute atomic E-state index is 5.86. The molecule has 6 nitrogen and oxygen atoms in total. The van der Waals surface area contributed by atoms with E-state index in [4.69, 9.17) is 9.73 Å². The van der Waals surface area contributed by atoms with Gasteiger partial charge in [-0.25, -0.2) is 4.98 Å². The molecule has 1 saturated heterocycles. The largest absolute Gasteiger partial charge is 0.378 e. The Kier molecular flexibility index (Phi) is 8.42. The summed E-state index contributed by atoms with van der Waals surface area (Å²) in [6.07, 6.45) is 8.29. The fourth-order valence-electron chi connectivity index (χ4n) is 3.64. The molecule has 0 radical (unpaired) electrons. The minimum absolute atomic E-state index is 0.284. The molecule has 0 aliphatic carbocycles. The quantitative estimate of drug-likeness (QED) is 0.569. The molecule has 0 aromatic carbocycles. The van der Waals surface area contributed by atoms with E-state index in [9.17, 15) is 0 Å². The van der Waals surface area contributed by atoms with Crippen LogP contribution in [-0.2, 0) is 4.74 Å². The molecule has 2 rings (SSSR count). The Morgan fingerprint density at radius 1 is 1.38 bits per heavy atom. The van der Waals surface area contributed by atoms with Gasteiger partial charge in [0.25, 0.3) is 0 Å². The Labute approximate surface area is 159 Å². The Morgan fingerprint density at radius 2 is 2.19 bits per heavy atom. The fraction of sp³-hybridized carbons (Fsp3) is 0.800. The van der Waals surface area contributed by atoms with Crippen LogP contribution in [0.5, 0.6) is 0 Å². The maximum atomic E-state index is 5.86. The average Bonchev–Trinajstić information content (AvgIpc) is 3.15. The fourth-order valence-corrected chi connectivity index (χ4v) is 3.64. The molecule has 0 spiro atoms. The average molecular weight is 364 g/mol. The standard InChI is InChI=1S/C20H37N5O/c1-6-22-20(23-10-8-19(16(3)4)26-7-2)24-12-9-17(5)18(14-24)25-13-11-21-15-25/h11,13,15-19H,6-10,12,14H2,1-5H3,(H,22,23). The Bertz CT molecular complexity index is 528. The van der Waals surface area contributed by atoms with Gasteiger partial charge in [0.15, 0.2) is 5.96 Å². The van der Waals surface area contributed by atoms with Crippen LogP contribution in [0.4, 0.5) is 0 Å². The lowest BCUT2D eigenvalue weighted by Crippen LogP contribution is -2.49. The molecule has 1 aliphatic rings. The molecule has 1 aromatic heterocycles. The van der Waals surface area contributed by atoms with Crippen LogP contribution < -0.4 is 5.32 Å². The topological polar surface area (TPSA) is 54.7 Å². The van der Waals surface area contributed by atoms with Crippen molar-refractivity contribution in [2.24, 2.45) is 16.8 Å². The lowest BCUT2D eigenvalue weighted by molar-refractivity contribution is 0.0266. The van der Waals surface area contributed by atoms with Crippen LogP contribution in [0, 0.1) is 11.8 Å². The maximum Gasteiger partial charge on any atom is 0.193 e. The highest BCUT2D eigenvalue weighted by Crippen LogP contribution is 2.27. The second-order valence-corrected chi connectivity index (χ2v) is 7.55. The number of guanidine groups is 1. The van der Waals surface area contributed by atoms with E-state index in [0.717, 1.165) is 45.2 Å². The number of ether oxygens (including phenoxy) is 1. The molecule has 26 heavy (non-hydrogen) atoms. The minimum atomic E-state index is 0.284. The van der Waals surface area contributed by atoms with E-state index in [2.05, 4.69) is 60.6 Å². The molecule has 148 valence electrons. The molecular weight excluding hydrogens is 326 g/mol. The third kappa shape index (κ3) is 5.73. The second kappa shape index (κ2) is 10.6. The van der Waals surface area contributed by atoms with Gasteiger partial charge in [-0.3, -0.25) is 4.99 Å². The summed E-state index contributed by atoms with van der Waals surface area (Å²) in [4.78, 5) is 11.5. The van der Waals surface area contributed by atoms with Gasteiger partial charge in [-0.15, -0.1) is 0 Å². The summed E-state index contributed by atoms with van der Waals surface area (Å²) in [5, 5.41) is 3.48. The van der Waals surface area contributed by atoms with Crippen LogP contribution in [0.1, 0.15) is 53.5 Å². The SMILES string of the molecule is CCNC(=NCCC(OCC)C(C)C)N1CCC(C)C(n2ccnc2)C1. The Hall–Kier alpha value is -1.56. The van der Waals surface area contributed by atoms with Gasteiger partial charge in [-0.1, -0.05) is 20.8 Å². The van der Waals surface area contributed by atoms with Gasteiger partial charge in [0, 0.05) is 45.2 Å². The highest BCUT2D eigenvalue weighted by molar-refractivity contribution is 5.80. The molecule has 1 aliphatic heterocycles. The van der Waals surface area contributed by atoms with E-state index in [1.54, 1.807) is 0 Å². The summed E-state index contributed by atoms with van der Waals surface area (Å²) in [7, 11) is 0. The molecule has 2 heterocycles. The number of piperidine rings is 1. The van der Waals surface area contributed by atoms with Gasteiger partial charge < -0.3 is 19.5 Å². The van der Waals surface area contributed by atoms with Gasteiger partial charge in [0.05, 0.1) is 18.5 Å². The number of imidazole rings is 1. The van der Waals surface area contributed by atoms with Crippen molar-refractivity contribution in [2.75, 3.05) is 32.8 Å². The van der Waals surface area contributed by atoms with Crippen molar-refractivity contribution in [1.29, 1.82) is 0 Å². The van der Waals surface area contributed by atoms with E-state index >= 15 is 0 Å². The number of aromatic nitrogens is 2. The zero-order valence-corrected chi connectivity index (χ0v) is 17.2. The van der Waals surface area contributed by atoms with E-state index < -0.39 is 0 Å². The van der Waals surface area contributed by atoms with Crippen LogP contribution >= 0.6 is 0 Å². The van der Waals surface area contributed by atoms with Crippen LogP contribution in [-0.4, -0.2) is 59.3 Å². The molecule has 3 unspecified atom stereocenters. The van der Waals surface area contributed by atoms with E-state index in [0.29, 0.717) is 17.9 Å². The number of rotatable bonds is 8. The first-order valence-electron chi connectivity index (χ1n) is 10.2. The summed E-state index contributed by atoms with van der Waals surface area (Å²) in [6, 6.07) is 0.446. The summed E-state index contributed by atoms with van der Waals surface area (Å²) in [5.74, 6) is 2.20. The normalized spacial score (nSPS) is 22.7. The molecule has 1 aromatic rings. The smallest absolute Gasteiger partial charge is 0.193 e. The van der Waals surface area contributed by atoms with E-state index in [-0.39, 0.29) is 6.10 Å². The highest BCUT2D eigenvalue weighted by atomic mass is 16.5. The zero-order chi connectivity index (χ0) is 18.9. The first-order valence-corrected chi connectivity index (χ1v) is 10.2. The van der Waals surface area contributed by atoms with Gasteiger partial charge in [-0.2, -0.15) is 0 Å². The van der Waals surface area contributed by atoms with Crippen molar-refractivity contribution < 1.29 is 4.74 Å². The monoisotopic (exact) mass is 363 g/mol.